The first kappa shape index (κ1) is 12.1. The first-order valence-corrected chi connectivity index (χ1v) is 6.59. The average molecular weight is 297 g/mol. The molecular formula is C12H13BrN2O2. The standard InChI is InChI=1S/C12H13BrN2O2/c13-8-11(16)14-9-4-1-2-5-10(9)15-7-3-6-12(15)17/h1-2,4-5H,3,6-8H2,(H,14,16). The Balaban J connectivity index is 2.27. The molecule has 0 bridgehead atoms. The second kappa shape index (κ2) is 5.31. The van der Waals surface area contributed by atoms with Gasteiger partial charge in [0, 0.05) is 13.0 Å². The third kappa shape index (κ3) is 2.66. The van der Waals surface area contributed by atoms with Gasteiger partial charge in [-0.15, -0.1) is 0 Å². The molecule has 0 saturated carbocycles. The molecule has 4 nitrogen and oxygen atoms in total. The van der Waals surface area contributed by atoms with Crippen molar-refractivity contribution in [3.05, 3.63) is 24.3 Å². The lowest BCUT2D eigenvalue weighted by atomic mass is 10.2. The average Bonchev–Trinajstić information content (AvgIpc) is 2.76. The third-order valence-electron chi connectivity index (χ3n) is 2.66. The lowest BCUT2D eigenvalue weighted by Gasteiger charge is -2.19. The third-order valence-corrected chi connectivity index (χ3v) is 3.17. The van der Waals surface area contributed by atoms with Crippen molar-refractivity contribution in [2.45, 2.75) is 12.8 Å². The minimum Gasteiger partial charge on any atom is -0.324 e. The normalized spacial score (nSPS) is 15.1. The van der Waals surface area contributed by atoms with Crippen LogP contribution in [0.3, 0.4) is 0 Å². The molecule has 0 aliphatic carbocycles. The largest absolute Gasteiger partial charge is 0.324 e. The summed E-state index contributed by atoms with van der Waals surface area (Å²) in [6.07, 6.45) is 1.46. The van der Waals surface area contributed by atoms with Crippen LogP contribution in [0, 0.1) is 0 Å². The van der Waals surface area contributed by atoms with E-state index in [9.17, 15) is 9.59 Å². The second-order valence-electron chi connectivity index (χ2n) is 3.85. The number of amides is 2. The molecule has 1 saturated heterocycles. The Kier molecular flexibility index (Phi) is 3.78. The molecule has 1 aliphatic rings. The minimum atomic E-state index is -0.121. The van der Waals surface area contributed by atoms with Crippen LogP contribution >= 0.6 is 15.9 Å². The summed E-state index contributed by atoms with van der Waals surface area (Å²) in [6, 6.07) is 7.37. The molecule has 1 heterocycles. The summed E-state index contributed by atoms with van der Waals surface area (Å²) in [7, 11) is 0. The van der Waals surface area contributed by atoms with Crippen molar-refractivity contribution < 1.29 is 9.59 Å². The van der Waals surface area contributed by atoms with E-state index in [4.69, 9.17) is 0 Å². The fraction of sp³-hybridized carbons (Fsp3) is 0.333. The number of hydrogen-bond donors (Lipinski definition) is 1. The number of anilines is 2. The SMILES string of the molecule is O=C(CBr)Nc1ccccc1N1CCCC1=O. The van der Waals surface area contributed by atoms with Gasteiger partial charge in [0.05, 0.1) is 16.7 Å². The van der Waals surface area contributed by atoms with Gasteiger partial charge in [0.2, 0.25) is 11.8 Å². The number of hydrogen-bond acceptors (Lipinski definition) is 2. The number of benzene rings is 1. The number of alkyl halides is 1. The van der Waals surface area contributed by atoms with Crippen LogP contribution < -0.4 is 10.2 Å². The summed E-state index contributed by atoms with van der Waals surface area (Å²) in [6.45, 7) is 0.722. The maximum atomic E-state index is 11.7. The Morgan fingerprint density at radius 3 is 2.82 bits per heavy atom. The molecule has 0 spiro atoms. The highest BCUT2D eigenvalue weighted by Crippen LogP contribution is 2.29. The highest BCUT2D eigenvalue weighted by molar-refractivity contribution is 9.09. The van der Waals surface area contributed by atoms with E-state index in [1.165, 1.54) is 0 Å². The van der Waals surface area contributed by atoms with Gasteiger partial charge in [-0.05, 0) is 18.6 Å². The van der Waals surface area contributed by atoms with Gasteiger partial charge in [0.1, 0.15) is 0 Å². The smallest absolute Gasteiger partial charge is 0.235 e. The Morgan fingerprint density at radius 2 is 2.18 bits per heavy atom. The van der Waals surface area contributed by atoms with E-state index >= 15 is 0 Å². The molecular weight excluding hydrogens is 284 g/mol. The summed E-state index contributed by atoms with van der Waals surface area (Å²) in [5.74, 6) is -0.00497. The molecule has 2 rings (SSSR count). The van der Waals surface area contributed by atoms with E-state index in [0.29, 0.717) is 12.1 Å². The predicted molar refractivity (Wildman–Crippen MR) is 70.5 cm³/mol. The van der Waals surface area contributed by atoms with Crippen molar-refractivity contribution in [2.75, 3.05) is 22.1 Å². The molecule has 0 atom stereocenters. The van der Waals surface area contributed by atoms with Crippen LogP contribution in [0.5, 0.6) is 0 Å². The maximum absolute atomic E-state index is 11.7. The van der Waals surface area contributed by atoms with Crippen LogP contribution in [0.15, 0.2) is 24.3 Å². The van der Waals surface area contributed by atoms with Crippen LogP contribution in [0.2, 0.25) is 0 Å². The summed E-state index contributed by atoms with van der Waals surface area (Å²) in [4.78, 5) is 24.8. The lowest BCUT2D eigenvalue weighted by Crippen LogP contribution is -2.25. The molecule has 1 aromatic rings. The Bertz CT molecular complexity index is 448. The van der Waals surface area contributed by atoms with E-state index in [1.54, 1.807) is 4.90 Å². The van der Waals surface area contributed by atoms with E-state index < -0.39 is 0 Å². The van der Waals surface area contributed by atoms with Gasteiger partial charge in [0.25, 0.3) is 0 Å². The van der Waals surface area contributed by atoms with E-state index in [0.717, 1.165) is 18.7 Å². The van der Waals surface area contributed by atoms with E-state index in [-0.39, 0.29) is 17.1 Å². The van der Waals surface area contributed by atoms with Gasteiger partial charge in [-0.3, -0.25) is 9.59 Å². The van der Waals surface area contributed by atoms with Crippen molar-refractivity contribution >= 4 is 39.1 Å². The highest BCUT2D eigenvalue weighted by atomic mass is 79.9. The molecule has 0 radical (unpaired) electrons. The molecule has 1 fully saturated rings. The first-order valence-electron chi connectivity index (χ1n) is 5.47. The Labute approximate surface area is 108 Å². The summed E-state index contributed by atoms with van der Waals surface area (Å²) < 4.78 is 0. The fourth-order valence-corrected chi connectivity index (χ4v) is 2.04. The number of carbonyl (C=O) groups is 2. The number of rotatable bonds is 3. The van der Waals surface area contributed by atoms with E-state index in [2.05, 4.69) is 21.2 Å². The molecule has 1 aromatic carbocycles. The number of halogens is 1. The number of nitrogens with one attached hydrogen (secondary N) is 1. The zero-order chi connectivity index (χ0) is 12.3. The Morgan fingerprint density at radius 1 is 1.41 bits per heavy atom. The summed E-state index contributed by atoms with van der Waals surface area (Å²) >= 11 is 3.10. The zero-order valence-corrected chi connectivity index (χ0v) is 10.9. The van der Waals surface area contributed by atoms with Gasteiger partial charge in [-0.2, -0.15) is 0 Å². The second-order valence-corrected chi connectivity index (χ2v) is 4.41. The van der Waals surface area contributed by atoms with Crippen LogP contribution in [0.4, 0.5) is 11.4 Å². The highest BCUT2D eigenvalue weighted by Gasteiger charge is 2.23. The van der Waals surface area contributed by atoms with Crippen molar-refractivity contribution in [2.24, 2.45) is 0 Å². The molecule has 1 aliphatic heterocycles. The number of para-hydroxylation sites is 2. The van der Waals surface area contributed by atoms with Gasteiger partial charge >= 0.3 is 0 Å². The fourth-order valence-electron chi connectivity index (χ4n) is 1.90. The molecule has 0 unspecified atom stereocenters. The number of nitrogens with zero attached hydrogens (tertiary/aromatic N) is 1. The molecule has 1 N–H and O–H groups in total. The molecule has 17 heavy (non-hydrogen) atoms. The topological polar surface area (TPSA) is 49.4 Å². The summed E-state index contributed by atoms with van der Waals surface area (Å²) in [5.41, 5.74) is 1.47. The van der Waals surface area contributed by atoms with Crippen molar-refractivity contribution in [3.63, 3.8) is 0 Å². The molecule has 90 valence electrons. The van der Waals surface area contributed by atoms with Crippen LogP contribution in [0.25, 0.3) is 0 Å². The molecule has 2 amide bonds. The van der Waals surface area contributed by atoms with Gasteiger partial charge in [-0.25, -0.2) is 0 Å². The van der Waals surface area contributed by atoms with Gasteiger partial charge in [0.15, 0.2) is 0 Å². The molecule has 0 aromatic heterocycles. The van der Waals surface area contributed by atoms with Gasteiger partial charge in [-0.1, -0.05) is 28.1 Å². The monoisotopic (exact) mass is 296 g/mol. The van der Waals surface area contributed by atoms with Crippen LogP contribution in [0.1, 0.15) is 12.8 Å². The van der Waals surface area contributed by atoms with Crippen LogP contribution in [-0.2, 0) is 9.59 Å². The van der Waals surface area contributed by atoms with E-state index in [1.807, 2.05) is 24.3 Å². The maximum Gasteiger partial charge on any atom is 0.235 e. The molecule has 5 heteroatoms. The minimum absolute atomic E-state index is 0.116. The van der Waals surface area contributed by atoms with Crippen molar-refractivity contribution in [3.8, 4) is 0 Å². The quantitative estimate of drug-likeness (QED) is 0.869. The van der Waals surface area contributed by atoms with Crippen LogP contribution in [-0.4, -0.2) is 23.7 Å². The predicted octanol–water partition coefficient (Wildman–Crippen LogP) is 2.15. The Hall–Kier alpha value is -1.36. The van der Waals surface area contributed by atoms with Crippen molar-refractivity contribution in [1.82, 2.24) is 0 Å². The first-order chi connectivity index (χ1) is 8.22. The number of carbonyl (C=O) groups excluding carboxylic acids is 2. The summed E-state index contributed by atoms with van der Waals surface area (Å²) in [5, 5.41) is 3.02. The van der Waals surface area contributed by atoms with Gasteiger partial charge < -0.3 is 10.2 Å². The lowest BCUT2D eigenvalue weighted by molar-refractivity contribution is -0.117. The van der Waals surface area contributed by atoms with Crippen molar-refractivity contribution in [1.29, 1.82) is 0 Å². The zero-order valence-electron chi connectivity index (χ0n) is 9.28.